The van der Waals surface area contributed by atoms with E-state index in [0.717, 1.165) is 37.3 Å². The summed E-state index contributed by atoms with van der Waals surface area (Å²) < 4.78 is 6.34. The molecule has 0 unspecified atom stereocenters. The van der Waals surface area contributed by atoms with Gasteiger partial charge in [0.2, 0.25) is 0 Å². The molecule has 102 valence electrons. The summed E-state index contributed by atoms with van der Waals surface area (Å²) in [6.07, 6.45) is 2.46. The van der Waals surface area contributed by atoms with Crippen molar-refractivity contribution in [3.8, 4) is 0 Å². The van der Waals surface area contributed by atoms with Crippen LogP contribution in [0.5, 0.6) is 0 Å². The third kappa shape index (κ3) is 2.46. The zero-order chi connectivity index (χ0) is 13.3. The van der Waals surface area contributed by atoms with E-state index in [-0.39, 0.29) is 11.5 Å². The minimum Gasteiger partial charge on any atom is -0.490 e. The van der Waals surface area contributed by atoms with Crippen LogP contribution in [0.2, 0.25) is 0 Å². The van der Waals surface area contributed by atoms with Crippen LogP contribution in [0, 0.1) is 11.8 Å². The number of Topliss-reactive ketones (excluding diaryl/α,β-unsaturated/α-hetero) is 1. The Bertz CT molecular complexity index is 363. The van der Waals surface area contributed by atoms with Crippen molar-refractivity contribution in [1.29, 1.82) is 0 Å². The van der Waals surface area contributed by atoms with Gasteiger partial charge in [-0.25, -0.2) is 0 Å². The van der Waals surface area contributed by atoms with Gasteiger partial charge in [0.25, 0.3) is 0 Å². The van der Waals surface area contributed by atoms with E-state index < -0.39 is 0 Å². The third-order valence-corrected chi connectivity index (χ3v) is 3.99. The predicted molar refractivity (Wildman–Crippen MR) is 72.2 cm³/mol. The maximum absolute atomic E-state index is 12.5. The Balaban J connectivity index is 2.34. The lowest BCUT2D eigenvalue weighted by Gasteiger charge is -2.43. The van der Waals surface area contributed by atoms with Gasteiger partial charge in [-0.1, -0.05) is 27.7 Å². The number of carbonyl (C=O) groups excluding carboxylic acids is 1. The molecule has 0 aromatic heterocycles. The van der Waals surface area contributed by atoms with E-state index >= 15 is 0 Å². The highest BCUT2D eigenvalue weighted by Crippen LogP contribution is 2.40. The Morgan fingerprint density at radius 1 is 1.11 bits per heavy atom. The molecule has 2 aliphatic rings. The van der Waals surface area contributed by atoms with E-state index in [2.05, 4.69) is 33.0 Å². The van der Waals surface area contributed by atoms with E-state index in [1.807, 2.05) is 0 Å². The van der Waals surface area contributed by atoms with Crippen LogP contribution in [0.3, 0.4) is 0 Å². The van der Waals surface area contributed by atoms with Crippen molar-refractivity contribution in [3.05, 3.63) is 11.3 Å². The summed E-state index contributed by atoms with van der Waals surface area (Å²) >= 11 is 0. The maximum Gasteiger partial charge on any atom is 0.166 e. The fourth-order valence-corrected chi connectivity index (χ4v) is 3.05. The number of nitrogens with one attached hydrogen (secondary N) is 1. The minimum absolute atomic E-state index is 0.222. The van der Waals surface area contributed by atoms with Crippen molar-refractivity contribution < 1.29 is 9.53 Å². The molecule has 3 heteroatoms. The van der Waals surface area contributed by atoms with Gasteiger partial charge in [0.1, 0.15) is 11.4 Å². The summed E-state index contributed by atoms with van der Waals surface area (Å²) in [7, 11) is 0. The highest BCUT2D eigenvalue weighted by atomic mass is 16.5. The van der Waals surface area contributed by atoms with Crippen LogP contribution in [-0.4, -0.2) is 24.5 Å². The van der Waals surface area contributed by atoms with Gasteiger partial charge < -0.3 is 10.1 Å². The van der Waals surface area contributed by atoms with E-state index in [1.165, 1.54) is 0 Å². The first-order chi connectivity index (χ1) is 8.45. The number of carbonyl (C=O) groups is 1. The first-order valence-electron chi connectivity index (χ1n) is 7.12. The van der Waals surface area contributed by atoms with Crippen LogP contribution in [-0.2, 0) is 9.53 Å². The highest BCUT2D eigenvalue weighted by Gasteiger charge is 2.43. The summed E-state index contributed by atoms with van der Waals surface area (Å²) in [6, 6.07) is 0. The predicted octanol–water partition coefficient (Wildman–Crippen LogP) is 2.66. The van der Waals surface area contributed by atoms with Crippen LogP contribution >= 0.6 is 0 Å². The monoisotopic (exact) mass is 251 g/mol. The summed E-state index contributed by atoms with van der Waals surface area (Å²) in [5.41, 5.74) is 0.703. The Kier molecular flexibility index (Phi) is 3.81. The molecule has 0 aromatic rings. The van der Waals surface area contributed by atoms with E-state index in [0.29, 0.717) is 18.1 Å². The van der Waals surface area contributed by atoms with E-state index in [4.69, 9.17) is 4.74 Å². The lowest BCUT2D eigenvalue weighted by Crippen LogP contribution is -2.48. The van der Waals surface area contributed by atoms with Gasteiger partial charge in [-0.15, -0.1) is 0 Å². The minimum atomic E-state index is -0.222. The summed E-state index contributed by atoms with van der Waals surface area (Å²) in [5.74, 6) is 1.80. The molecule has 18 heavy (non-hydrogen) atoms. The van der Waals surface area contributed by atoms with Gasteiger partial charge in [0.15, 0.2) is 5.78 Å². The van der Waals surface area contributed by atoms with Crippen molar-refractivity contribution in [3.63, 3.8) is 0 Å². The smallest absolute Gasteiger partial charge is 0.166 e. The molecular weight excluding hydrogens is 226 g/mol. The highest BCUT2D eigenvalue weighted by molar-refractivity contribution is 5.97. The molecule has 0 atom stereocenters. The van der Waals surface area contributed by atoms with Crippen molar-refractivity contribution in [1.82, 2.24) is 5.32 Å². The largest absolute Gasteiger partial charge is 0.490 e. The van der Waals surface area contributed by atoms with Crippen LogP contribution in [0.4, 0.5) is 0 Å². The second-order valence-electron chi connectivity index (χ2n) is 6.22. The molecular formula is C15H25NO2. The molecule has 3 nitrogen and oxygen atoms in total. The molecule has 0 amide bonds. The molecule has 2 aliphatic heterocycles. The molecule has 1 fully saturated rings. The van der Waals surface area contributed by atoms with Crippen molar-refractivity contribution in [2.24, 2.45) is 11.8 Å². The van der Waals surface area contributed by atoms with Crippen molar-refractivity contribution in [2.45, 2.75) is 52.6 Å². The zero-order valence-corrected chi connectivity index (χ0v) is 12.0. The standard InChI is InChI=1S/C15H25NO2/c1-10(2)13-12(17)9-15(5-7-16-8-6-15)18-14(13)11(3)4/h10-11,16H,5-9H2,1-4H3. The van der Waals surface area contributed by atoms with Crippen LogP contribution < -0.4 is 5.32 Å². The fraction of sp³-hybridized carbons (Fsp3) is 0.800. The van der Waals surface area contributed by atoms with Gasteiger partial charge in [0.05, 0.1) is 6.42 Å². The number of piperidine rings is 1. The molecule has 0 aliphatic carbocycles. The normalized spacial score (nSPS) is 24.0. The maximum atomic E-state index is 12.5. The number of hydrogen-bond donors (Lipinski definition) is 1. The molecule has 2 heterocycles. The molecule has 0 bridgehead atoms. The van der Waals surface area contributed by atoms with Crippen molar-refractivity contribution in [2.75, 3.05) is 13.1 Å². The number of ketones is 1. The SMILES string of the molecule is CC(C)C1=C(C(C)C)C(=O)CC2(CCNCC2)O1. The molecule has 1 spiro atoms. The molecule has 0 radical (unpaired) electrons. The van der Waals surface area contributed by atoms with Gasteiger partial charge in [0, 0.05) is 24.3 Å². The summed E-state index contributed by atoms with van der Waals surface area (Å²) in [4.78, 5) is 12.5. The molecule has 0 aromatic carbocycles. The van der Waals surface area contributed by atoms with Crippen molar-refractivity contribution >= 4 is 5.78 Å². The Labute approximate surface area is 110 Å². The Hall–Kier alpha value is -0.830. The topological polar surface area (TPSA) is 38.3 Å². The average molecular weight is 251 g/mol. The molecule has 2 rings (SSSR count). The average Bonchev–Trinajstić information content (AvgIpc) is 2.28. The molecule has 1 N–H and O–H groups in total. The second kappa shape index (κ2) is 5.04. The van der Waals surface area contributed by atoms with E-state index in [9.17, 15) is 4.79 Å². The Morgan fingerprint density at radius 2 is 1.72 bits per heavy atom. The number of hydrogen-bond acceptors (Lipinski definition) is 3. The summed E-state index contributed by atoms with van der Waals surface area (Å²) in [5, 5.41) is 3.34. The van der Waals surface area contributed by atoms with Gasteiger partial charge in [-0.2, -0.15) is 0 Å². The van der Waals surface area contributed by atoms with Gasteiger partial charge >= 0.3 is 0 Å². The Morgan fingerprint density at radius 3 is 2.22 bits per heavy atom. The fourth-order valence-electron chi connectivity index (χ4n) is 3.05. The van der Waals surface area contributed by atoms with Gasteiger partial charge in [-0.3, -0.25) is 4.79 Å². The lowest BCUT2D eigenvalue weighted by atomic mass is 9.79. The van der Waals surface area contributed by atoms with Crippen LogP contribution in [0.15, 0.2) is 11.3 Å². The zero-order valence-electron chi connectivity index (χ0n) is 12.0. The number of ether oxygens (including phenoxy) is 1. The molecule has 0 saturated carbocycles. The lowest BCUT2D eigenvalue weighted by molar-refractivity contribution is -0.129. The first kappa shape index (κ1) is 13.6. The number of allylic oxidation sites excluding steroid dienone is 2. The van der Waals surface area contributed by atoms with Crippen LogP contribution in [0.1, 0.15) is 47.0 Å². The first-order valence-corrected chi connectivity index (χ1v) is 7.12. The van der Waals surface area contributed by atoms with E-state index in [1.54, 1.807) is 0 Å². The quantitative estimate of drug-likeness (QED) is 0.820. The number of rotatable bonds is 2. The van der Waals surface area contributed by atoms with Gasteiger partial charge in [-0.05, 0) is 19.0 Å². The second-order valence-corrected chi connectivity index (χ2v) is 6.22. The molecule has 1 saturated heterocycles. The third-order valence-electron chi connectivity index (χ3n) is 3.99. The summed E-state index contributed by atoms with van der Waals surface area (Å²) in [6.45, 7) is 10.3. The van der Waals surface area contributed by atoms with Crippen LogP contribution in [0.25, 0.3) is 0 Å².